The van der Waals surface area contributed by atoms with Crippen molar-refractivity contribution in [2.24, 2.45) is 0 Å². The molecule has 0 atom stereocenters. The van der Waals surface area contributed by atoms with E-state index >= 15 is 0 Å². The Bertz CT molecular complexity index is 606. The van der Waals surface area contributed by atoms with Crippen molar-refractivity contribution in [1.29, 1.82) is 0 Å². The van der Waals surface area contributed by atoms with Crippen molar-refractivity contribution >= 4 is 11.7 Å². The minimum Gasteiger partial charge on any atom is -0.398 e. The molecule has 6 heteroatoms. The molecule has 2 aromatic rings. The summed E-state index contributed by atoms with van der Waals surface area (Å²) < 4.78 is 1.84. The lowest BCUT2D eigenvalue weighted by Gasteiger charge is -2.26. The van der Waals surface area contributed by atoms with Gasteiger partial charge in [-0.1, -0.05) is 19.9 Å². The zero-order valence-electron chi connectivity index (χ0n) is 11.4. The highest BCUT2D eigenvalue weighted by atomic mass is 17.1. The fraction of sp³-hybridized carbons (Fsp3) is 0.286. The van der Waals surface area contributed by atoms with Crippen LogP contribution in [0, 0.1) is 0 Å². The minimum atomic E-state index is -0.862. The Hall–Kier alpha value is -2.34. The van der Waals surface area contributed by atoms with Crippen LogP contribution in [-0.2, 0) is 16.8 Å². The van der Waals surface area contributed by atoms with Gasteiger partial charge in [0.05, 0.1) is 12.1 Å². The number of carbonyl (C=O) groups is 1. The van der Waals surface area contributed by atoms with Gasteiger partial charge in [-0.15, -0.1) is 0 Å². The van der Waals surface area contributed by atoms with Crippen LogP contribution in [0.3, 0.4) is 0 Å². The van der Waals surface area contributed by atoms with E-state index in [-0.39, 0.29) is 16.7 Å². The summed E-state index contributed by atoms with van der Waals surface area (Å²) in [7, 11) is 0. The van der Waals surface area contributed by atoms with Gasteiger partial charge in [0.15, 0.2) is 0 Å². The van der Waals surface area contributed by atoms with Crippen molar-refractivity contribution in [3.63, 3.8) is 0 Å². The number of nitrogens with two attached hydrogens (primary N) is 1. The van der Waals surface area contributed by atoms with E-state index in [2.05, 4.69) is 23.8 Å². The molecule has 0 aliphatic carbocycles. The third-order valence-electron chi connectivity index (χ3n) is 3.25. The Morgan fingerprint density at radius 2 is 2.25 bits per heavy atom. The molecule has 0 fully saturated rings. The predicted molar refractivity (Wildman–Crippen MR) is 74.2 cm³/mol. The first-order valence-electron chi connectivity index (χ1n) is 6.17. The number of benzene rings is 1. The summed E-state index contributed by atoms with van der Waals surface area (Å²) in [6.07, 6.45) is 3.62. The number of hydrogen-bond acceptors (Lipinski definition) is 5. The van der Waals surface area contributed by atoms with Gasteiger partial charge in [0.1, 0.15) is 0 Å². The van der Waals surface area contributed by atoms with Gasteiger partial charge in [0, 0.05) is 23.5 Å². The van der Waals surface area contributed by atoms with Gasteiger partial charge in [-0.05, 0) is 23.8 Å². The highest BCUT2D eigenvalue weighted by Gasteiger charge is 2.23. The van der Waals surface area contributed by atoms with Crippen LogP contribution >= 0.6 is 0 Å². The lowest BCUT2D eigenvalue weighted by atomic mass is 9.84. The molecule has 0 saturated carbocycles. The van der Waals surface area contributed by atoms with E-state index in [0.717, 1.165) is 5.56 Å². The molecule has 0 aliphatic rings. The Labute approximate surface area is 116 Å². The number of hydrogen-bond donors (Lipinski definition) is 2. The molecule has 1 aromatic heterocycles. The SMILES string of the molecule is CC(C)(Cn1cccn1)c1ccc(C(=O)OO)c(N)c1. The number of aromatic nitrogens is 2. The summed E-state index contributed by atoms with van der Waals surface area (Å²) in [5.74, 6) is -0.862. The largest absolute Gasteiger partial charge is 0.398 e. The molecular weight excluding hydrogens is 258 g/mol. The van der Waals surface area contributed by atoms with E-state index in [1.54, 1.807) is 24.4 Å². The lowest BCUT2D eigenvalue weighted by Crippen LogP contribution is -2.25. The minimum absolute atomic E-state index is 0.145. The molecule has 0 saturated heterocycles. The molecule has 0 unspecified atom stereocenters. The van der Waals surface area contributed by atoms with Gasteiger partial charge in [0.2, 0.25) is 0 Å². The molecule has 0 radical (unpaired) electrons. The number of rotatable bonds is 4. The van der Waals surface area contributed by atoms with E-state index in [1.165, 1.54) is 0 Å². The summed E-state index contributed by atoms with van der Waals surface area (Å²) >= 11 is 0. The number of anilines is 1. The predicted octanol–water partition coefficient (Wildman–Crippen LogP) is 2.07. The van der Waals surface area contributed by atoms with Gasteiger partial charge >= 0.3 is 5.97 Å². The summed E-state index contributed by atoms with van der Waals surface area (Å²) in [6.45, 7) is 4.81. The van der Waals surface area contributed by atoms with Crippen LogP contribution in [0.25, 0.3) is 0 Å². The van der Waals surface area contributed by atoms with Gasteiger partial charge in [0.25, 0.3) is 0 Å². The summed E-state index contributed by atoms with van der Waals surface area (Å²) in [6, 6.07) is 6.93. The van der Waals surface area contributed by atoms with Crippen molar-refractivity contribution in [2.75, 3.05) is 5.73 Å². The van der Waals surface area contributed by atoms with E-state index in [0.29, 0.717) is 6.54 Å². The Kier molecular flexibility index (Phi) is 3.76. The maximum atomic E-state index is 11.3. The zero-order valence-corrected chi connectivity index (χ0v) is 11.4. The molecular formula is C14H17N3O3. The molecule has 106 valence electrons. The molecule has 0 amide bonds. The van der Waals surface area contributed by atoms with Crippen molar-refractivity contribution < 1.29 is 14.9 Å². The third-order valence-corrected chi connectivity index (χ3v) is 3.25. The molecule has 0 bridgehead atoms. The first-order chi connectivity index (χ1) is 9.44. The summed E-state index contributed by atoms with van der Waals surface area (Å²) in [5.41, 5.74) is 7.02. The Morgan fingerprint density at radius 3 is 2.80 bits per heavy atom. The summed E-state index contributed by atoms with van der Waals surface area (Å²) in [4.78, 5) is 15.0. The molecule has 3 N–H and O–H groups in total. The lowest BCUT2D eigenvalue weighted by molar-refractivity contribution is -0.182. The average Bonchev–Trinajstić information content (AvgIpc) is 2.89. The fourth-order valence-corrected chi connectivity index (χ4v) is 2.11. The maximum Gasteiger partial charge on any atom is 0.374 e. The van der Waals surface area contributed by atoms with Crippen LogP contribution in [0.4, 0.5) is 5.69 Å². The second-order valence-electron chi connectivity index (χ2n) is 5.27. The van der Waals surface area contributed by atoms with Crippen molar-refractivity contribution in [3.05, 3.63) is 47.8 Å². The van der Waals surface area contributed by atoms with Gasteiger partial charge < -0.3 is 5.73 Å². The second-order valence-corrected chi connectivity index (χ2v) is 5.27. The van der Waals surface area contributed by atoms with Crippen LogP contribution in [0.5, 0.6) is 0 Å². The standard InChI is InChI=1S/C14H17N3O3/c1-14(2,9-17-7-3-6-16-17)10-4-5-11(12(15)8-10)13(18)20-19/h3-8,19H,9,15H2,1-2H3. The number of nitrogens with zero attached hydrogens (tertiary/aromatic N) is 2. The molecule has 20 heavy (non-hydrogen) atoms. The zero-order chi connectivity index (χ0) is 14.8. The van der Waals surface area contributed by atoms with Crippen LogP contribution in [0.2, 0.25) is 0 Å². The maximum absolute atomic E-state index is 11.3. The van der Waals surface area contributed by atoms with Gasteiger partial charge in [-0.2, -0.15) is 10.4 Å². The molecule has 1 heterocycles. The molecule has 2 rings (SSSR count). The number of nitrogen functional groups attached to an aromatic ring is 1. The van der Waals surface area contributed by atoms with Crippen molar-refractivity contribution in [1.82, 2.24) is 9.78 Å². The van der Waals surface area contributed by atoms with E-state index in [9.17, 15) is 4.79 Å². The molecule has 1 aromatic carbocycles. The molecule has 0 aliphatic heterocycles. The average molecular weight is 275 g/mol. The first-order valence-corrected chi connectivity index (χ1v) is 6.17. The summed E-state index contributed by atoms with van der Waals surface area (Å²) in [5, 5.41) is 12.6. The van der Waals surface area contributed by atoms with Crippen LogP contribution in [0.15, 0.2) is 36.7 Å². The Balaban J connectivity index is 2.28. The quantitative estimate of drug-likeness (QED) is 0.506. The van der Waals surface area contributed by atoms with Crippen LogP contribution < -0.4 is 5.73 Å². The van der Waals surface area contributed by atoms with E-state index in [4.69, 9.17) is 11.0 Å². The second kappa shape index (κ2) is 5.34. The molecule has 6 nitrogen and oxygen atoms in total. The van der Waals surface area contributed by atoms with Crippen molar-refractivity contribution in [3.8, 4) is 0 Å². The smallest absolute Gasteiger partial charge is 0.374 e. The third kappa shape index (κ3) is 2.80. The van der Waals surface area contributed by atoms with Crippen molar-refractivity contribution in [2.45, 2.75) is 25.8 Å². The highest BCUT2D eigenvalue weighted by Crippen LogP contribution is 2.28. The van der Waals surface area contributed by atoms with Gasteiger partial charge in [-0.3, -0.25) is 9.57 Å². The normalized spacial score (nSPS) is 11.3. The Morgan fingerprint density at radius 1 is 1.50 bits per heavy atom. The first kappa shape index (κ1) is 14.1. The van der Waals surface area contributed by atoms with Crippen LogP contribution in [-0.4, -0.2) is 21.0 Å². The number of carbonyl (C=O) groups excluding carboxylic acids is 1. The monoisotopic (exact) mass is 275 g/mol. The molecule has 0 spiro atoms. The van der Waals surface area contributed by atoms with E-state index < -0.39 is 5.97 Å². The fourth-order valence-electron chi connectivity index (χ4n) is 2.11. The highest BCUT2D eigenvalue weighted by molar-refractivity contribution is 5.94. The topological polar surface area (TPSA) is 90.4 Å². The van der Waals surface area contributed by atoms with E-state index in [1.807, 2.05) is 16.9 Å². The van der Waals surface area contributed by atoms with Gasteiger partial charge in [-0.25, -0.2) is 4.79 Å². The van der Waals surface area contributed by atoms with Crippen LogP contribution in [0.1, 0.15) is 29.8 Å².